The number of pyridine rings is 1. The summed E-state index contributed by atoms with van der Waals surface area (Å²) in [6.07, 6.45) is 2.85. The summed E-state index contributed by atoms with van der Waals surface area (Å²) < 4.78 is 16.3. The molecular weight excluding hydrogens is 521 g/mol. The van der Waals surface area contributed by atoms with Crippen LogP contribution in [-0.4, -0.2) is 58.5 Å². The molecule has 1 aliphatic rings. The Morgan fingerprint density at radius 3 is 2.41 bits per heavy atom. The van der Waals surface area contributed by atoms with Gasteiger partial charge in [-0.2, -0.15) is 0 Å². The maximum absolute atomic E-state index is 5.51. The van der Waals surface area contributed by atoms with Gasteiger partial charge in [-0.1, -0.05) is 0 Å². The van der Waals surface area contributed by atoms with Crippen molar-refractivity contribution < 1.29 is 14.2 Å². The van der Waals surface area contributed by atoms with Crippen molar-refractivity contribution in [1.82, 2.24) is 15.6 Å². The summed E-state index contributed by atoms with van der Waals surface area (Å²) in [7, 11) is 6.81. The lowest BCUT2D eigenvalue weighted by atomic mass is 10.1. The van der Waals surface area contributed by atoms with Crippen molar-refractivity contribution in [2.75, 3.05) is 46.4 Å². The van der Waals surface area contributed by atoms with E-state index in [2.05, 4.69) is 25.5 Å². The Labute approximate surface area is 207 Å². The molecule has 0 spiro atoms. The number of anilines is 1. The number of rotatable bonds is 7. The van der Waals surface area contributed by atoms with E-state index in [9.17, 15) is 0 Å². The number of aryl methyl sites for hydroxylation is 1. The molecule has 1 aromatic carbocycles. The fraction of sp³-hybridized carbons (Fsp3) is 0.478. The zero-order chi connectivity index (χ0) is 22.4. The third kappa shape index (κ3) is 6.08. The number of ether oxygens (including phenoxy) is 3. The minimum atomic E-state index is 0. The van der Waals surface area contributed by atoms with Crippen molar-refractivity contribution in [1.29, 1.82) is 0 Å². The highest BCUT2D eigenvalue weighted by Gasteiger charge is 2.24. The topological polar surface area (TPSA) is 80.2 Å². The lowest BCUT2D eigenvalue weighted by Gasteiger charge is -2.21. The molecule has 9 heteroatoms. The average Bonchev–Trinajstić information content (AvgIpc) is 3.26. The molecule has 0 aliphatic carbocycles. The van der Waals surface area contributed by atoms with Gasteiger partial charge in [0.05, 0.1) is 33.6 Å². The van der Waals surface area contributed by atoms with Crippen molar-refractivity contribution in [3.8, 4) is 17.2 Å². The summed E-state index contributed by atoms with van der Waals surface area (Å²) in [4.78, 5) is 11.3. The van der Waals surface area contributed by atoms with E-state index < -0.39 is 0 Å². The first-order valence-corrected chi connectivity index (χ1v) is 10.4. The van der Waals surface area contributed by atoms with Gasteiger partial charge in [0.15, 0.2) is 5.96 Å². The first-order chi connectivity index (χ1) is 15.0. The van der Waals surface area contributed by atoms with Crippen LogP contribution in [0, 0.1) is 13.8 Å². The van der Waals surface area contributed by atoms with Crippen molar-refractivity contribution in [3.05, 3.63) is 41.2 Å². The maximum atomic E-state index is 5.51. The number of hydrogen-bond donors (Lipinski definition) is 2. The first-order valence-electron chi connectivity index (χ1n) is 10.4. The van der Waals surface area contributed by atoms with E-state index in [0.717, 1.165) is 65.2 Å². The zero-order valence-electron chi connectivity index (χ0n) is 19.7. The highest BCUT2D eigenvalue weighted by Crippen LogP contribution is 2.30. The van der Waals surface area contributed by atoms with Crippen LogP contribution >= 0.6 is 24.0 Å². The standard InChI is InChI=1S/C23H33N5O3.HI/c1-15-12-25-21(16(2)22(15)31-6)13-26-23(24-3)27-17-7-8-28(14-17)18-9-19(29-4)11-20(10-18)30-5;/h9-12,17H,7-8,13-14H2,1-6H3,(H2,24,26,27);1H. The molecule has 1 atom stereocenters. The molecule has 0 amide bonds. The Morgan fingerprint density at radius 2 is 1.81 bits per heavy atom. The largest absolute Gasteiger partial charge is 0.497 e. The smallest absolute Gasteiger partial charge is 0.191 e. The van der Waals surface area contributed by atoms with Gasteiger partial charge in [-0.3, -0.25) is 9.98 Å². The fourth-order valence-electron chi connectivity index (χ4n) is 3.89. The molecule has 1 aliphatic heterocycles. The lowest BCUT2D eigenvalue weighted by Crippen LogP contribution is -2.44. The van der Waals surface area contributed by atoms with Crippen LogP contribution < -0.4 is 29.7 Å². The molecule has 2 aromatic rings. The molecule has 0 bridgehead atoms. The Bertz CT molecular complexity index is 916. The second-order valence-corrected chi connectivity index (χ2v) is 7.62. The summed E-state index contributed by atoms with van der Waals surface area (Å²) in [5.41, 5.74) is 4.12. The molecule has 8 nitrogen and oxygen atoms in total. The molecule has 2 heterocycles. The number of halogens is 1. The molecular formula is C23H34IN5O3. The highest BCUT2D eigenvalue weighted by atomic mass is 127. The fourth-order valence-corrected chi connectivity index (χ4v) is 3.89. The third-order valence-corrected chi connectivity index (χ3v) is 5.63. The lowest BCUT2D eigenvalue weighted by molar-refractivity contribution is 0.394. The maximum Gasteiger partial charge on any atom is 0.191 e. The van der Waals surface area contributed by atoms with Gasteiger partial charge >= 0.3 is 0 Å². The number of hydrogen-bond acceptors (Lipinski definition) is 6. The summed E-state index contributed by atoms with van der Waals surface area (Å²) in [6, 6.07) is 6.25. The Kier molecular flexibility index (Phi) is 9.67. The van der Waals surface area contributed by atoms with Gasteiger partial charge < -0.3 is 29.7 Å². The number of aliphatic imine (C=N–C) groups is 1. The van der Waals surface area contributed by atoms with Crippen LogP contribution in [0.2, 0.25) is 0 Å². The Morgan fingerprint density at radius 1 is 1.12 bits per heavy atom. The summed E-state index contributed by atoms with van der Waals surface area (Å²) >= 11 is 0. The molecule has 0 saturated carbocycles. The van der Waals surface area contributed by atoms with E-state index in [1.54, 1.807) is 28.4 Å². The predicted octanol–water partition coefficient (Wildman–Crippen LogP) is 3.29. The van der Waals surface area contributed by atoms with E-state index in [1.807, 2.05) is 38.2 Å². The second-order valence-electron chi connectivity index (χ2n) is 7.62. The van der Waals surface area contributed by atoms with Crippen molar-refractivity contribution in [2.45, 2.75) is 32.9 Å². The van der Waals surface area contributed by atoms with Crippen LogP contribution in [0.15, 0.2) is 29.4 Å². The van der Waals surface area contributed by atoms with Crippen LogP contribution in [0.25, 0.3) is 0 Å². The second kappa shape index (κ2) is 12.0. The highest BCUT2D eigenvalue weighted by molar-refractivity contribution is 14.0. The van der Waals surface area contributed by atoms with E-state index in [1.165, 1.54) is 0 Å². The van der Waals surface area contributed by atoms with E-state index in [0.29, 0.717) is 6.54 Å². The van der Waals surface area contributed by atoms with Crippen LogP contribution in [0.3, 0.4) is 0 Å². The van der Waals surface area contributed by atoms with E-state index in [4.69, 9.17) is 14.2 Å². The molecule has 176 valence electrons. The summed E-state index contributed by atoms with van der Waals surface area (Å²) in [5, 5.41) is 6.91. The number of methoxy groups -OCH3 is 3. The van der Waals surface area contributed by atoms with Gasteiger partial charge in [-0.15, -0.1) is 24.0 Å². The minimum Gasteiger partial charge on any atom is -0.497 e. The molecule has 32 heavy (non-hydrogen) atoms. The number of aromatic nitrogens is 1. The number of nitrogens with zero attached hydrogens (tertiary/aromatic N) is 3. The summed E-state index contributed by atoms with van der Waals surface area (Å²) in [5.74, 6) is 3.23. The van der Waals surface area contributed by atoms with E-state index in [-0.39, 0.29) is 30.0 Å². The molecule has 0 radical (unpaired) electrons. The minimum absolute atomic E-state index is 0. The number of guanidine groups is 1. The van der Waals surface area contributed by atoms with Crippen molar-refractivity contribution in [3.63, 3.8) is 0 Å². The third-order valence-electron chi connectivity index (χ3n) is 5.63. The first kappa shape index (κ1) is 25.8. The molecule has 1 aromatic heterocycles. The van der Waals surface area contributed by atoms with Crippen LogP contribution in [-0.2, 0) is 6.54 Å². The van der Waals surface area contributed by atoms with Gasteiger partial charge in [-0.05, 0) is 20.3 Å². The Balaban J connectivity index is 0.00000363. The molecule has 3 rings (SSSR count). The monoisotopic (exact) mass is 555 g/mol. The van der Waals surface area contributed by atoms with Gasteiger partial charge in [0.1, 0.15) is 17.2 Å². The van der Waals surface area contributed by atoms with Gasteiger partial charge in [0.25, 0.3) is 0 Å². The average molecular weight is 555 g/mol. The van der Waals surface area contributed by atoms with Crippen LogP contribution in [0.4, 0.5) is 5.69 Å². The molecule has 1 unspecified atom stereocenters. The molecule has 1 saturated heterocycles. The predicted molar refractivity (Wildman–Crippen MR) is 139 cm³/mol. The zero-order valence-corrected chi connectivity index (χ0v) is 22.0. The van der Waals surface area contributed by atoms with Crippen LogP contribution in [0.5, 0.6) is 17.2 Å². The Hall–Kier alpha value is -2.43. The van der Waals surface area contributed by atoms with Crippen LogP contribution in [0.1, 0.15) is 23.2 Å². The number of benzene rings is 1. The van der Waals surface area contributed by atoms with Gasteiger partial charge in [0, 0.05) is 67.4 Å². The van der Waals surface area contributed by atoms with E-state index >= 15 is 0 Å². The quantitative estimate of drug-likeness (QED) is 0.309. The molecule has 2 N–H and O–H groups in total. The van der Waals surface area contributed by atoms with Crippen molar-refractivity contribution >= 4 is 35.6 Å². The SMILES string of the molecule is CN=C(NCc1ncc(C)c(OC)c1C)NC1CCN(c2cc(OC)cc(OC)c2)C1.I. The molecule has 1 fully saturated rings. The summed E-state index contributed by atoms with van der Waals surface area (Å²) in [6.45, 7) is 6.42. The van der Waals surface area contributed by atoms with Gasteiger partial charge in [-0.25, -0.2) is 0 Å². The van der Waals surface area contributed by atoms with Gasteiger partial charge in [0.2, 0.25) is 0 Å². The van der Waals surface area contributed by atoms with Crippen molar-refractivity contribution in [2.24, 2.45) is 4.99 Å². The normalized spacial score (nSPS) is 15.8. The number of nitrogens with one attached hydrogen (secondary N) is 2.